The van der Waals surface area contributed by atoms with Crippen LogP contribution in [0.1, 0.15) is 53.5 Å². The van der Waals surface area contributed by atoms with Gasteiger partial charge in [-0.1, -0.05) is 12.2 Å². The Bertz CT molecular complexity index is 1400. The number of hydrogen-bond donors (Lipinski definition) is 2. The Kier molecular flexibility index (Phi) is 3.85. The number of H-pyrrole nitrogens is 2. The second kappa shape index (κ2) is 6.70. The lowest BCUT2D eigenvalue weighted by molar-refractivity contribution is 0.799. The molecule has 4 heteroatoms. The van der Waals surface area contributed by atoms with E-state index in [1.54, 1.807) is 0 Å². The van der Waals surface area contributed by atoms with Crippen LogP contribution >= 0.6 is 0 Å². The van der Waals surface area contributed by atoms with E-state index in [0.29, 0.717) is 5.92 Å². The van der Waals surface area contributed by atoms with Gasteiger partial charge in [-0.2, -0.15) is 0 Å². The molecule has 3 aromatic heterocycles. The molecule has 2 aliphatic heterocycles. The molecule has 1 atom stereocenters. The van der Waals surface area contributed by atoms with Crippen molar-refractivity contribution in [3.63, 3.8) is 0 Å². The van der Waals surface area contributed by atoms with Gasteiger partial charge in [-0.3, -0.25) is 0 Å². The monoisotopic (exact) mass is 390 g/mol. The van der Waals surface area contributed by atoms with E-state index in [1.807, 2.05) is 24.3 Å². The van der Waals surface area contributed by atoms with Gasteiger partial charge in [0.15, 0.2) is 0 Å². The Morgan fingerprint density at radius 1 is 0.733 bits per heavy atom. The van der Waals surface area contributed by atoms with E-state index in [2.05, 4.69) is 64.0 Å². The summed E-state index contributed by atoms with van der Waals surface area (Å²) < 4.78 is 0. The van der Waals surface area contributed by atoms with E-state index >= 15 is 0 Å². The molecule has 4 nitrogen and oxygen atoms in total. The van der Waals surface area contributed by atoms with Gasteiger partial charge < -0.3 is 9.97 Å². The standard InChI is InChI=1S/C26H22N4/c1-16-3-2-4-24(16)25-14-23-13-21-8-7-19(28-21)11-17-5-6-18(27-17)12-20-9-10-22(29-20)15-26(25)30-23/h5-15,24,28,30H,1-4H2. The van der Waals surface area contributed by atoms with Crippen LogP contribution in [0.2, 0.25) is 0 Å². The second-order valence-electron chi connectivity index (χ2n) is 8.23. The van der Waals surface area contributed by atoms with Crippen LogP contribution < -0.4 is 0 Å². The molecule has 1 aliphatic carbocycles. The molecule has 3 aromatic rings. The summed E-state index contributed by atoms with van der Waals surface area (Å²) in [5, 5.41) is 0. The molecule has 0 radical (unpaired) electrons. The topological polar surface area (TPSA) is 57.4 Å². The maximum absolute atomic E-state index is 4.79. The summed E-state index contributed by atoms with van der Waals surface area (Å²) in [5.41, 5.74) is 10.7. The molecule has 3 aliphatic rings. The van der Waals surface area contributed by atoms with Gasteiger partial charge in [0, 0.05) is 28.0 Å². The predicted octanol–water partition coefficient (Wildman–Crippen LogP) is 6.48. The molecule has 146 valence electrons. The summed E-state index contributed by atoms with van der Waals surface area (Å²) in [7, 11) is 0. The lowest BCUT2D eigenvalue weighted by atomic mass is 9.95. The number of aromatic nitrogens is 4. The zero-order valence-electron chi connectivity index (χ0n) is 16.7. The summed E-state index contributed by atoms with van der Waals surface area (Å²) >= 11 is 0. The van der Waals surface area contributed by atoms with E-state index in [4.69, 9.17) is 4.98 Å². The number of fused-ring (bicyclic) bond motifs is 8. The van der Waals surface area contributed by atoms with Crippen LogP contribution in [0, 0.1) is 0 Å². The number of nitrogens with one attached hydrogen (secondary N) is 2. The van der Waals surface area contributed by atoms with Crippen LogP contribution in [0.25, 0.3) is 46.4 Å². The van der Waals surface area contributed by atoms with Crippen molar-refractivity contribution in [1.82, 2.24) is 19.9 Å². The summed E-state index contributed by atoms with van der Waals surface area (Å²) in [6, 6.07) is 14.9. The van der Waals surface area contributed by atoms with Crippen LogP contribution in [0.5, 0.6) is 0 Å². The molecule has 8 bridgehead atoms. The minimum absolute atomic E-state index is 0.414. The zero-order chi connectivity index (χ0) is 20.1. The van der Waals surface area contributed by atoms with Crippen molar-refractivity contribution in [1.29, 1.82) is 0 Å². The molecular weight excluding hydrogens is 368 g/mol. The number of aromatic amines is 2. The minimum Gasteiger partial charge on any atom is -0.355 e. The van der Waals surface area contributed by atoms with Crippen LogP contribution in [0.4, 0.5) is 0 Å². The van der Waals surface area contributed by atoms with Crippen LogP contribution in [0.3, 0.4) is 0 Å². The largest absolute Gasteiger partial charge is 0.355 e. The first-order valence-corrected chi connectivity index (χ1v) is 10.5. The van der Waals surface area contributed by atoms with Crippen LogP contribution in [-0.2, 0) is 0 Å². The molecule has 30 heavy (non-hydrogen) atoms. The lowest BCUT2D eigenvalue weighted by Gasteiger charge is -2.09. The quantitative estimate of drug-likeness (QED) is 0.322. The van der Waals surface area contributed by atoms with Crippen molar-refractivity contribution >= 4 is 46.4 Å². The highest BCUT2D eigenvalue weighted by Crippen LogP contribution is 2.40. The summed E-state index contributed by atoms with van der Waals surface area (Å²) in [5.74, 6) is 0.414. The van der Waals surface area contributed by atoms with Gasteiger partial charge in [-0.05, 0) is 91.6 Å². The Hall–Kier alpha value is -3.66. The van der Waals surface area contributed by atoms with Gasteiger partial charge >= 0.3 is 0 Å². The fourth-order valence-electron chi connectivity index (χ4n) is 4.62. The predicted molar refractivity (Wildman–Crippen MR) is 125 cm³/mol. The third-order valence-electron chi connectivity index (χ3n) is 6.06. The first-order chi connectivity index (χ1) is 14.7. The molecule has 5 heterocycles. The van der Waals surface area contributed by atoms with Gasteiger partial charge in [0.25, 0.3) is 0 Å². The molecule has 0 amide bonds. The highest BCUT2D eigenvalue weighted by molar-refractivity contribution is 5.78. The van der Waals surface area contributed by atoms with Crippen molar-refractivity contribution in [3.8, 4) is 0 Å². The number of allylic oxidation sites excluding steroid dienone is 1. The Balaban J connectivity index is 1.65. The number of nitrogens with zero attached hydrogens (tertiary/aromatic N) is 2. The highest BCUT2D eigenvalue weighted by Gasteiger charge is 2.23. The van der Waals surface area contributed by atoms with E-state index in [9.17, 15) is 0 Å². The van der Waals surface area contributed by atoms with E-state index in [1.165, 1.54) is 17.6 Å². The van der Waals surface area contributed by atoms with Gasteiger partial charge in [0.05, 0.1) is 22.8 Å². The van der Waals surface area contributed by atoms with Gasteiger partial charge in [-0.15, -0.1) is 0 Å². The molecule has 6 rings (SSSR count). The van der Waals surface area contributed by atoms with Gasteiger partial charge in [-0.25, -0.2) is 9.97 Å². The lowest BCUT2D eigenvalue weighted by Crippen LogP contribution is -1.92. The third kappa shape index (κ3) is 3.11. The molecular formula is C26H22N4. The Morgan fingerprint density at radius 3 is 2.10 bits per heavy atom. The molecule has 1 unspecified atom stereocenters. The summed E-state index contributed by atoms with van der Waals surface area (Å²) in [6.45, 7) is 4.33. The minimum atomic E-state index is 0.414. The summed E-state index contributed by atoms with van der Waals surface area (Å²) in [6.07, 6.45) is 11.7. The molecule has 2 N–H and O–H groups in total. The molecule has 1 saturated carbocycles. The van der Waals surface area contributed by atoms with Crippen LogP contribution in [-0.4, -0.2) is 19.9 Å². The average molecular weight is 390 g/mol. The van der Waals surface area contributed by atoms with E-state index in [0.717, 1.165) is 57.7 Å². The fourth-order valence-corrected chi connectivity index (χ4v) is 4.62. The Labute approximate surface area is 174 Å². The Morgan fingerprint density at radius 2 is 1.40 bits per heavy atom. The average Bonchev–Trinajstić information content (AvgIpc) is 3.51. The van der Waals surface area contributed by atoms with Crippen molar-refractivity contribution in [2.75, 3.05) is 0 Å². The molecule has 0 saturated heterocycles. The smallest absolute Gasteiger partial charge is 0.0659 e. The fraction of sp³-hybridized carbons (Fsp3) is 0.154. The molecule has 0 aromatic carbocycles. The molecule has 0 spiro atoms. The van der Waals surface area contributed by atoms with Crippen molar-refractivity contribution in [2.24, 2.45) is 0 Å². The maximum atomic E-state index is 4.79. The molecule has 1 fully saturated rings. The first-order valence-electron chi connectivity index (χ1n) is 10.5. The van der Waals surface area contributed by atoms with Crippen molar-refractivity contribution in [3.05, 3.63) is 83.0 Å². The van der Waals surface area contributed by atoms with Gasteiger partial charge in [0.2, 0.25) is 0 Å². The SMILES string of the molecule is C=C1CCCC1c1cc2cc3ccc(cc4nc(cc5nc(cc1[nH]2)C=C5)C=C4)[nH]3. The second-order valence-corrected chi connectivity index (χ2v) is 8.23. The van der Waals surface area contributed by atoms with Crippen LogP contribution in [0.15, 0.2) is 54.6 Å². The van der Waals surface area contributed by atoms with E-state index in [-0.39, 0.29) is 0 Å². The first kappa shape index (κ1) is 17.2. The van der Waals surface area contributed by atoms with Crippen molar-refractivity contribution < 1.29 is 0 Å². The van der Waals surface area contributed by atoms with Crippen molar-refractivity contribution in [2.45, 2.75) is 25.2 Å². The third-order valence-corrected chi connectivity index (χ3v) is 6.06. The number of rotatable bonds is 1. The van der Waals surface area contributed by atoms with E-state index < -0.39 is 0 Å². The van der Waals surface area contributed by atoms with Gasteiger partial charge in [0.1, 0.15) is 0 Å². The maximum Gasteiger partial charge on any atom is 0.0659 e. The highest BCUT2D eigenvalue weighted by atomic mass is 14.8. The normalized spacial score (nSPS) is 17.7. The summed E-state index contributed by atoms with van der Waals surface area (Å²) in [4.78, 5) is 16.6. The zero-order valence-corrected chi connectivity index (χ0v) is 16.7. The number of hydrogen-bond acceptors (Lipinski definition) is 2.